The summed E-state index contributed by atoms with van der Waals surface area (Å²) in [6.45, 7) is 7.12. The van der Waals surface area contributed by atoms with Crippen molar-refractivity contribution in [2.45, 2.75) is 59.0 Å². The molecule has 16 heavy (non-hydrogen) atoms. The first-order valence-electron chi connectivity index (χ1n) is 6.21. The van der Waals surface area contributed by atoms with Gasteiger partial charge in [0.25, 0.3) is 0 Å². The number of nitrogens with zero attached hydrogens (tertiary/aromatic N) is 1. The highest BCUT2D eigenvalue weighted by Gasteiger charge is 2.10. The second-order valence-corrected chi connectivity index (χ2v) is 4.36. The molecule has 0 fully saturated rings. The van der Waals surface area contributed by atoms with E-state index >= 15 is 0 Å². The Morgan fingerprint density at radius 2 is 2.12 bits per heavy atom. The van der Waals surface area contributed by atoms with Crippen LogP contribution in [-0.4, -0.2) is 23.8 Å². The lowest BCUT2D eigenvalue weighted by molar-refractivity contribution is 0.0403. The molecule has 0 saturated heterocycles. The summed E-state index contributed by atoms with van der Waals surface area (Å²) in [5.41, 5.74) is 5.41. The minimum Gasteiger partial charge on any atom is -0.409 e. The number of nitrogens with two attached hydrogens (primary N) is 1. The molecule has 0 radical (unpaired) electrons. The Morgan fingerprint density at radius 3 is 2.62 bits per heavy atom. The monoisotopic (exact) mass is 230 g/mol. The standard InChI is InChI=1S/C12H26N2O2/c1-4-6-7-11(5-2)9-16-10(3)8-12(13)14-15/h10-11,15H,4-9H2,1-3H3,(H2,13,14). The van der Waals surface area contributed by atoms with Gasteiger partial charge in [-0.3, -0.25) is 0 Å². The van der Waals surface area contributed by atoms with E-state index in [1.807, 2.05) is 6.92 Å². The SMILES string of the molecule is CCCCC(CC)COC(C)CC(N)=NO. The zero-order valence-electron chi connectivity index (χ0n) is 10.8. The Bertz CT molecular complexity index is 195. The van der Waals surface area contributed by atoms with E-state index in [0.29, 0.717) is 12.3 Å². The minimum atomic E-state index is 0.0200. The largest absolute Gasteiger partial charge is 0.409 e. The maximum Gasteiger partial charge on any atom is 0.141 e. The van der Waals surface area contributed by atoms with Gasteiger partial charge >= 0.3 is 0 Å². The van der Waals surface area contributed by atoms with E-state index < -0.39 is 0 Å². The lowest BCUT2D eigenvalue weighted by atomic mass is 10.0. The van der Waals surface area contributed by atoms with Gasteiger partial charge in [-0.2, -0.15) is 0 Å². The lowest BCUT2D eigenvalue weighted by Crippen LogP contribution is -2.23. The topological polar surface area (TPSA) is 67.8 Å². The van der Waals surface area contributed by atoms with Gasteiger partial charge in [0.1, 0.15) is 5.84 Å². The first-order valence-corrected chi connectivity index (χ1v) is 6.21. The van der Waals surface area contributed by atoms with Crippen molar-refractivity contribution in [2.24, 2.45) is 16.8 Å². The molecule has 0 rings (SSSR count). The Balaban J connectivity index is 3.74. The number of unbranched alkanes of at least 4 members (excludes halogenated alkanes) is 1. The summed E-state index contributed by atoms with van der Waals surface area (Å²) < 4.78 is 5.69. The van der Waals surface area contributed by atoms with E-state index in [4.69, 9.17) is 15.7 Å². The van der Waals surface area contributed by atoms with Crippen LogP contribution in [0.4, 0.5) is 0 Å². The quantitative estimate of drug-likeness (QED) is 0.277. The molecule has 0 bridgehead atoms. The fourth-order valence-electron chi connectivity index (χ4n) is 1.59. The van der Waals surface area contributed by atoms with Gasteiger partial charge in [-0.15, -0.1) is 0 Å². The van der Waals surface area contributed by atoms with Crippen LogP contribution in [0.2, 0.25) is 0 Å². The third-order valence-electron chi connectivity index (χ3n) is 2.78. The average Bonchev–Trinajstić information content (AvgIpc) is 2.29. The molecular weight excluding hydrogens is 204 g/mol. The maximum absolute atomic E-state index is 8.43. The average molecular weight is 230 g/mol. The molecule has 2 unspecified atom stereocenters. The number of ether oxygens (including phenoxy) is 1. The van der Waals surface area contributed by atoms with E-state index in [1.165, 1.54) is 19.3 Å². The van der Waals surface area contributed by atoms with Crippen molar-refractivity contribution in [3.8, 4) is 0 Å². The molecule has 0 aliphatic carbocycles. The summed E-state index contributed by atoms with van der Waals surface area (Å²) >= 11 is 0. The maximum atomic E-state index is 8.43. The molecular formula is C12H26N2O2. The predicted molar refractivity (Wildman–Crippen MR) is 66.7 cm³/mol. The second-order valence-electron chi connectivity index (χ2n) is 4.36. The van der Waals surface area contributed by atoms with Gasteiger partial charge in [0.2, 0.25) is 0 Å². The molecule has 3 N–H and O–H groups in total. The van der Waals surface area contributed by atoms with Crippen LogP contribution in [-0.2, 0) is 4.74 Å². The molecule has 0 heterocycles. The second kappa shape index (κ2) is 9.46. The minimum absolute atomic E-state index is 0.0200. The van der Waals surface area contributed by atoms with Gasteiger partial charge in [-0.25, -0.2) is 0 Å². The van der Waals surface area contributed by atoms with Crippen LogP contribution in [0.25, 0.3) is 0 Å². The fraction of sp³-hybridized carbons (Fsp3) is 0.917. The molecule has 0 aromatic carbocycles. The number of rotatable bonds is 9. The van der Waals surface area contributed by atoms with Crippen molar-refractivity contribution in [1.82, 2.24) is 0 Å². The molecule has 96 valence electrons. The molecule has 0 aliphatic rings. The summed E-state index contributed by atoms with van der Waals surface area (Å²) in [5.74, 6) is 0.865. The number of hydrogen-bond donors (Lipinski definition) is 2. The Hall–Kier alpha value is -0.770. The first-order chi connectivity index (χ1) is 7.63. The van der Waals surface area contributed by atoms with Crippen molar-refractivity contribution in [3.63, 3.8) is 0 Å². The van der Waals surface area contributed by atoms with Gasteiger partial charge in [0, 0.05) is 13.0 Å². The van der Waals surface area contributed by atoms with Gasteiger partial charge in [0.05, 0.1) is 6.10 Å². The first kappa shape index (κ1) is 15.2. The van der Waals surface area contributed by atoms with Crippen molar-refractivity contribution < 1.29 is 9.94 Å². The molecule has 0 aromatic rings. The lowest BCUT2D eigenvalue weighted by Gasteiger charge is -2.18. The van der Waals surface area contributed by atoms with Crippen LogP contribution in [0.3, 0.4) is 0 Å². The number of oxime groups is 1. The zero-order chi connectivity index (χ0) is 12.4. The summed E-state index contributed by atoms with van der Waals surface area (Å²) in [6.07, 6.45) is 5.37. The van der Waals surface area contributed by atoms with Gasteiger partial charge in [-0.05, 0) is 19.3 Å². The number of amidine groups is 1. The van der Waals surface area contributed by atoms with Gasteiger partial charge in [-0.1, -0.05) is 38.3 Å². The molecule has 0 amide bonds. The molecule has 2 atom stereocenters. The smallest absolute Gasteiger partial charge is 0.141 e. The third-order valence-corrected chi connectivity index (χ3v) is 2.78. The highest BCUT2D eigenvalue weighted by atomic mass is 16.5. The van der Waals surface area contributed by atoms with Crippen LogP contribution in [0.1, 0.15) is 52.9 Å². The van der Waals surface area contributed by atoms with Gasteiger partial charge in [0.15, 0.2) is 0 Å². The molecule has 4 nitrogen and oxygen atoms in total. The van der Waals surface area contributed by atoms with Crippen molar-refractivity contribution >= 4 is 5.84 Å². The summed E-state index contributed by atoms with van der Waals surface area (Å²) in [4.78, 5) is 0. The van der Waals surface area contributed by atoms with Crippen molar-refractivity contribution in [3.05, 3.63) is 0 Å². The normalized spacial score (nSPS) is 16.1. The van der Waals surface area contributed by atoms with Crippen molar-refractivity contribution in [2.75, 3.05) is 6.61 Å². The van der Waals surface area contributed by atoms with Gasteiger partial charge < -0.3 is 15.7 Å². The molecule has 0 saturated carbocycles. The van der Waals surface area contributed by atoms with E-state index in [9.17, 15) is 0 Å². The molecule has 0 spiro atoms. The Morgan fingerprint density at radius 1 is 1.44 bits per heavy atom. The number of hydrogen-bond acceptors (Lipinski definition) is 3. The Kier molecular flexibility index (Phi) is 9.00. The van der Waals surface area contributed by atoms with Crippen LogP contribution < -0.4 is 5.73 Å². The van der Waals surface area contributed by atoms with E-state index in [0.717, 1.165) is 13.0 Å². The van der Waals surface area contributed by atoms with E-state index in [1.54, 1.807) is 0 Å². The summed E-state index contributed by atoms with van der Waals surface area (Å²) in [6, 6.07) is 0. The van der Waals surface area contributed by atoms with Crippen LogP contribution >= 0.6 is 0 Å². The van der Waals surface area contributed by atoms with E-state index in [-0.39, 0.29) is 11.9 Å². The van der Waals surface area contributed by atoms with E-state index in [2.05, 4.69) is 19.0 Å². The fourth-order valence-corrected chi connectivity index (χ4v) is 1.59. The molecule has 0 aromatic heterocycles. The highest BCUT2D eigenvalue weighted by Crippen LogP contribution is 2.14. The summed E-state index contributed by atoms with van der Waals surface area (Å²) in [5, 5.41) is 11.4. The Labute approximate surface area is 98.9 Å². The zero-order valence-corrected chi connectivity index (χ0v) is 10.8. The van der Waals surface area contributed by atoms with Crippen LogP contribution in [0.5, 0.6) is 0 Å². The van der Waals surface area contributed by atoms with Crippen LogP contribution in [0, 0.1) is 5.92 Å². The third kappa shape index (κ3) is 7.51. The highest BCUT2D eigenvalue weighted by molar-refractivity contribution is 5.79. The van der Waals surface area contributed by atoms with Crippen LogP contribution in [0.15, 0.2) is 5.16 Å². The van der Waals surface area contributed by atoms with Crippen molar-refractivity contribution in [1.29, 1.82) is 0 Å². The molecule has 4 heteroatoms. The summed E-state index contributed by atoms with van der Waals surface area (Å²) in [7, 11) is 0. The molecule has 0 aliphatic heterocycles. The predicted octanol–water partition coefficient (Wildman–Crippen LogP) is 2.74.